The van der Waals surface area contributed by atoms with Gasteiger partial charge in [0.2, 0.25) is 17.7 Å². The molecule has 15 nitrogen and oxygen atoms in total. The van der Waals surface area contributed by atoms with Gasteiger partial charge in [-0.3, -0.25) is 24.1 Å². The number of nitrogens with zero attached hydrogens (tertiary/aromatic N) is 5. The first kappa shape index (κ1) is 53.4. The summed E-state index contributed by atoms with van der Waals surface area (Å²) in [6.07, 6.45) is -4.47. The quantitative estimate of drug-likeness (QED) is 0.0593. The number of aryl methyl sites for hydroxylation is 1. The molecular weight excluding hydrogens is 948 g/mol. The van der Waals surface area contributed by atoms with Crippen LogP contribution in [0.3, 0.4) is 0 Å². The molecule has 0 unspecified atom stereocenters. The molecule has 70 heavy (non-hydrogen) atoms. The van der Waals surface area contributed by atoms with E-state index in [2.05, 4.69) is 15.6 Å². The molecule has 3 N–H and O–H groups in total. The number of anilines is 2. The molecule has 2 aliphatic rings. The maximum absolute atomic E-state index is 14.0. The van der Waals surface area contributed by atoms with Gasteiger partial charge in [-0.1, -0.05) is 45.0 Å². The molecule has 2 saturated heterocycles. The first-order valence-electron chi connectivity index (χ1n) is 22.8. The number of thiocarbonyl (C=S) groups is 1. The molecule has 3 aromatic carbocycles. The number of carbonyl (C=O) groups excluding carboxylic acids is 4. The number of aliphatic hydroxyl groups excluding tert-OH is 1. The number of β-amino-alcohol motifs (C(OH)–C–C–N with tert-alkyl or cyclic N) is 1. The lowest BCUT2D eigenvalue weighted by molar-refractivity contribution is -0.144. The molecule has 4 aromatic rings. The third-order valence-corrected chi connectivity index (χ3v) is 13.3. The van der Waals surface area contributed by atoms with Crippen LogP contribution in [0, 0.1) is 23.7 Å². The minimum atomic E-state index is -4.81. The number of nitrogens with one attached hydrogen (secondary N) is 2. The number of amides is 4. The molecule has 0 radical (unpaired) electrons. The lowest BCUT2D eigenvalue weighted by Crippen LogP contribution is -2.57. The number of aliphatic hydroxyl groups is 1. The van der Waals surface area contributed by atoms with Crippen LogP contribution in [-0.2, 0) is 41.4 Å². The van der Waals surface area contributed by atoms with Crippen molar-refractivity contribution in [1.82, 2.24) is 20.5 Å². The number of alkyl halides is 3. The highest BCUT2D eigenvalue weighted by molar-refractivity contribution is 7.81. The summed E-state index contributed by atoms with van der Waals surface area (Å²) in [4.78, 5) is 63.4. The van der Waals surface area contributed by atoms with Crippen LogP contribution in [-0.4, -0.2) is 107 Å². The molecular formula is C50H58F3N7O8S2. The summed E-state index contributed by atoms with van der Waals surface area (Å²) in [6, 6.07) is 17.3. The number of aromatic nitrogens is 1. The topological polar surface area (TPSA) is 187 Å². The van der Waals surface area contributed by atoms with Crippen molar-refractivity contribution in [2.24, 2.45) is 5.41 Å². The maximum atomic E-state index is 14.0. The van der Waals surface area contributed by atoms with Crippen LogP contribution in [0.4, 0.5) is 24.5 Å². The standard InChI is InChI=1S/C50H58F3N7O8S2/c1-31-42(70-30-56-31)33-12-10-32(11-13-33)28-55-44(63)40-26-37(61)29-58(40)45(64)43(48(2,3)4)57-41(62)9-7-20-66-21-8-22-67-23-24-68-38-18-16-35(17-19-38)60-47(69)59(46(65)49(60,5)6)36-15-14-34(27-54)39(25-36)50(51,52)53/h10-19,25,30,37,40,43,61H,7-9,20-24,26,28-29H2,1-6H3,(H,55,63)(H,57,62)/t37-,40+,43-/m1/s1. The van der Waals surface area contributed by atoms with Crippen molar-refractivity contribution < 1.29 is 51.7 Å². The zero-order chi connectivity index (χ0) is 51.0. The number of thiazole rings is 1. The molecule has 0 bridgehead atoms. The lowest BCUT2D eigenvalue weighted by Gasteiger charge is -2.35. The summed E-state index contributed by atoms with van der Waals surface area (Å²) >= 11 is 7.17. The van der Waals surface area contributed by atoms with Crippen LogP contribution in [0.5, 0.6) is 5.75 Å². The van der Waals surface area contributed by atoms with Crippen molar-refractivity contribution in [2.75, 3.05) is 49.4 Å². The highest BCUT2D eigenvalue weighted by Crippen LogP contribution is 2.40. The van der Waals surface area contributed by atoms with E-state index in [-0.39, 0.29) is 61.8 Å². The first-order valence-corrected chi connectivity index (χ1v) is 24.1. The molecule has 4 amide bonds. The number of hydrogen-bond donors (Lipinski definition) is 3. The van der Waals surface area contributed by atoms with E-state index in [0.717, 1.165) is 38.7 Å². The van der Waals surface area contributed by atoms with Gasteiger partial charge in [-0.25, -0.2) is 4.98 Å². The zero-order valence-corrected chi connectivity index (χ0v) is 41.6. The van der Waals surface area contributed by atoms with Crippen LogP contribution in [0.2, 0.25) is 0 Å². The highest BCUT2D eigenvalue weighted by Gasteiger charge is 2.51. The summed E-state index contributed by atoms with van der Waals surface area (Å²) in [5, 5.41) is 25.5. The van der Waals surface area contributed by atoms with Gasteiger partial charge in [0, 0.05) is 51.4 Å². The lowest BCUT2D eigenvalue weighted by atomic mass is 9.85. The Balaban J connectivity index is 0.867. The number of rotatable bonds is 20. The van der Waals surface area contributed by atoms with Crippen molar-refractivity contribution in [3.63, 3.8) is 0 Å². The van der Waals surface area contributed by atoms with E-state index in [9.17, 15) is 42.7 Å². The predicted molar refractivity (Wildman–Crippen MR) is 262 cm³/mol. The van der Waals surface area contributed by atoms with Gasteiger partial charge < -0.3 is 39.8 Å². The SMILES string of the molecule is Cc1ncsc1-c1ccc(CNC(=O)[C@@H]2C[C@@H](O)CN2C(=O)[C@@H](NC(=O)CCCOCCCOCCOc2ccc(N3C(=S)N(c4ccc(C#N)c(C(F)(F)F)c4)C(=O)C3(C)C)cc2)C(C)(C)C)cc1. The fourth-order valence-corrected chi connectivity index (χ4v) is 9.52. The number of likely N-dealkylation sites (tertiary alicyclic amines) is 1. The smallest absolute Gasteiger partial charge is 0.417 e. The van der Waals surface area contributed by atoms with Crippen molar-refractivity contribution >= 4 is 63.7 Å². The summed E-state index contributed by atoms with van der Waals surface area (Å²) in [7, 11) is 0. The van der Waals surface area contributed by atoms with Crippen LogP contribution < -0.4 is 25.2 Å². The third kappa shape index (κ3) is 12.9. The van der Waals surface area contributed by atoms with Crippen LogP contribution >= 0.6 is 23.6 Å². The van der Waals surface area contributed by atoms with Gasteiger partial charge in [0.25, 0.3) is 5.91 Å². The Bertz CT molecular complexity index is 2560. The van der Waals surface area contributed by atoms with Gasteiger partial charge in [-0.15, -0.1) is 11.3 Å². The van der Waals surface area contributed by atoms with Gasteiger partial charge in [0.15, 0.2) is 5.11 Å². The molecule has 2 aliphatic heterocycles. The number of nitriles is 1. The van der Waals surface area contributed by atoms with Gasteiger partial charge >= 0.3 is 6.18 Å². The van der Waals surface area contributed by atoms with Crippen LogP contribution in [0.15, 0.2) is 72.2 Å². The Kier molecular flexibility index (Phi) is 17.4. The monoisotopic (exact) mass is 1010 g/mol. The molecule has 0 saturated carbocycles. The van der Waals surface area contributed by atoms with E-state index < -0.39 is 58.3 Å². The summed E-state index contributed by atoms with van der Waals surface area (Å²) in [6.45, 7) is 12.6. The van der Waals surface area contributed by atoms with Gasteiger partial charge in [0.1, 0.15) is 30.0 Å². The number of halogens is 3. The Hall–Kier alpha value is -5.98. The summed E-state index contributed by atoms with van der Waals surface area (Å²) < 4.78 is 58.3. The van der Waals surface area contributed by atoms with Gasteiger partial charge in [-0.2, -0.15) is 18.4 Å². The Morgan fingerprint density at radius 3 is 2.26 bits per heavy atom. The van der Waals surface area contributed by atoms with E-state index in [1.807, 2.05) is 52.0 Å². The van der Waals surface area contributed by atoms with Gasteiger partial charge in [0.05, 0.1) is 51.7 Å². The average Bonchev–Trinajstić information content (AvgIpc) is 3.98. The predicted octanol–water partition coefficient (Wildman–Crippen LogP) is 7.32. The number of carbonyl (C=O) groups is 4. The van der Waals surface area contributed by atoms with E-state index in [0.29, 0.717) is 44.1 Å². The fraction of sp³-hybridized carbons (Fsp3) is 0.460. The van der Waals surface area contributed by atoms with E-state index in [4.69, 9.17) is 26.4 Å². The molecule has 2 fully saturated rings. The van der Waals surface area contributed by atoms with E-state index in [1.54, 1.807) is 65.9 Å². The first-order chi connectivity index (χ1) is 33.1. The highest BCUT2D eigenvalue weighted by atomic mass is 32.1. The van der Waals surface area contributed by atoms with Crippen LogP contribution in [0.1, 0.15) is 82.7 Å². The van der Waals surface area contributed by atoms with Gasteiger partial charge in [-0.05, 0) is 105 Å². The van der Waals surface area contributed by atoms with Crippen molar-refractivity contribution in [1.29, 1.82) is 5.26 Å². The third-order valence-electron chi connectivity index (χ3n) is 11.9. The van der Waals surface area contributed by atoms with Crippen molar-refractivity contribution in [3.8, 4) is 22.3 Å². The minimum Gasteiger partial charge on any atom is -0.491 e. The molecule has 1 aromatic heterocycles. The fourth-order valence-electron chi connectivity index (χ4n) is 8.18. The molecule has 0 spiro atoms. The van der Waals surface area contributed by atoms with E-state index >= 15 is 0 Å². The number of benzene rings is 3. The van der Waals surface area contributed by atoms with Crippen LogP contribution in [0.25, 0.3) is 10.4 Å². The molecule has 0 aliphatic carbocycles. The summed E-state index contributed by atoms with van der Waals surface area (Å²) in [5.41, 5.74) is 1.46. The van der Waals surface area contributed by atoms with Crippen molar-refractivity contribution in [3.05, 3.63) is 94.6 Å². The second-order valence-electron chi connectivity index (χ2n) is 18.6. The Morgan fingerprint density at radius 1 is 0.971 bits per heavy atom. The molecule has 20 heteroatoms. The molecule has 3 atom stereocenters. The Labute approximate surface area is 414 Å². The zero-order valence-electron chi connectivity index (χ0n) is 39.9. The largest absolute Gasteiger partial charge is 0.491 e. The molecule has 3 heterocycles. The van der Waals surface area contributed by atoms with Crippen molar-refractivity contribution in [2.45, 2.75) is 104 Å². The molecule has 374 valence electrons. The maximum Gasteiger partial charge on any atom is 0.417 e. The normalized spacial score (nSPS) is 17.4. The second-order valence-corrected chi connectivity index (χ2v) is 19.8. The second kappa shape index (κ2) is 22.8. The average molecular weight is 1010 g/mol. The number of ether oxygens (including phenoxy) is 3. The summed E-state index contributed by atoms with van der Waals surface area (Å²) in [5.74, 6) is -1.15. The van der Waals surface area contributed by atoms with E-state index in [1.165, 1.54) is 11.0 Å². The Morgan fingerprint density at radius 2 is 1.63 bits per heavy atom. The molecule has 6 rings (SSSR count). The number of hydrogen-bond acceptors (Lipinski definition) is 12. The minimum absolute atomic E-state index is 0.0153.